The van der Waals surface area contributed by atoms with Crippen LogP contribution in [0.4, 0.5) is 0 Å². The quantitative estimate of drug-likeness (QED) is 0.682. The molecule has 1 aromatic rings. The molecule has 1 aliphatic rings. The smallest absolute Gasteiger partial charge is 0.304 e. The molecule has 0 aliphatic carbocycles. The van der Waals surface area contributed by atoms with Gasteiger partial charge in [0.25, 0.3) is 0 Å². The predicted octanol–water partition coefficient (Wildman–Crippen LogP) is 0.570. The van der Waals surface area contributed by atoms with Gasteiger partial charge >= 0.3 is 5.97 Å². The van der Waals surface area contributed by atoms with E-state index >= 15 is 0 Å². The van der Waals surface area contributed by atoms with E-state index in [2.05, 4.69) is 9.80 Å². The Morgan fingerprint density at radius 1 is 1.04 bits per heavy atom. The molecule has 0 saturated carbocycles. The van der Waals surface area contributed by atoms with Gasteiger partial charge in [-0.1, -0.05) is 30.3 Å². The summed E-state index contributed by atoms with van der Waals surface area (Å²) in [4.78, 5) is 28.0. The first kappa shape index (κ1) is 17.6. The molecule has 2 N–H and O–H groups in total. The zero-order valence-corrected chi connectivity index (χ0v) is 13.2. The molecule has 1 unspecified atom stereocenters. The van der Waals surface area contributed by atoms with Gasteiger partial charge in [-0.15, -0.1) is 0 Å². The van der Waals surface area contributed by atoms with Crippen molar-refractivity contribution < 1.29 is 19.8 Å². The van der Waals surface area contributed by atoms with Crippen LogP contribution in [-0.2, 0) is 4.79 Å². The SMILES string of the molecule is O=C(O)CC(CN1CCN(CCO)CC1)C(=O)c1ccccc1. The minimum absolute atomic E-state index is 0.106. The maximum atomic E-state index is 12.6. The van der Waals surface area contributed by atoms with Crippen molar-refractivity contribution in [1.82, 2.24) is 9.80 Å². The summed E-state index contributed by atoms with van der Waals surface area (Å²) in [6, 6.07) is 8.88. The molecule has 0 aromatic heterocycles. The molecule has 1 saturated heterocycles. The van der Waals surface area contributed by atoms with Crippen LogP contribution in [0.25, 0.3) is 0 Å². The molecule has 6 heteroatoms. The standard InChI is InChI=1S/C17H24N2O4/c20-11-10-18-6-8-19(9-7-18)13-15(12-16(21)22)17(23)14-4-2-1-3-5-14/h1-5,15,20H,6-13H2,(H,21,22). The van der Waals surface area contributed by atoms with Crippen LogP contribution in [-0.4, -0.2) is 77.6 Å². The number of benzene rings is 1. The van der Waals surface area contributed by atoms with Gasteiger partial charge in [0.15, 0.2) is 5.78 Å². The number of aliphatic carboxylic acids is 1. The van der Waals surface area contributed by atoms with Crippen molar-refractivity contribution in [2.24, 2.45) is 5.92 Å². The van der Waals surface area contributed by atoms with Gasteiger partial charge in [-0.3, -0.25) is 14.5 Å². The molecule has 1 aromatic carbocycles. The van der Waals surface area contributed by atoms with E-state index in [1.165, 1.54) is 0 Å². The minimum atomic E-state index is -0.946. The molecule has 0 radical (unpaired) electrons. The number of Topliss-reactive ketones (excluding diaryl/α,β-unsaturated/α-hetero) is 1. The normalized spacial score (nSPS) is 17.8. The van der Waals surface area contributed by atoms with Gasteiger partial charge in [0, 0.05) is 50.7 Å². The number of aliphatic hydroxyl groups excluding tert-OH is 1. The average Bonchev–Trinajstić information content (AvgIpc) is 2.56. The number of nitrogens with zero attached hydrogens (tertiary/aromatic N) is 2. The van der Waals surface area contributed by atoms with Crippen molar-refractivity contribution >= 4 is 11.8 Å². The van der Waals surface area contributed by atoms with Gasteiger partial charge in [-0.2, -0.15) is 0 Å². The summed E-state index contributed by atoms with van der Waals surface area (Å²) in [5.74, 6) is -1.58. The van der Waals surface area contributed by atoms with Crippen LogP contribution in [0.2, 0.25) is 0 Å². The fourth-order valence-electron chi connectivity index (χ4n) is 2.94. The largest absolute Gasteiger partial charge is 0.481 e. The molecular weight excluding hydrogens is 296 g/mol. The lowest BCUT2D eigenvalue weighted by Crippen LogP contribution is -2.49. The van der Waals surface area contributed by atoms with Crippen LogP contribution in [0.15, 0.2) is 30.3 Å². The van der Waals surface area contributed by atoms with Gasteiger partial charge in [0.05, 0.1) is 13.0 Å². The topological polar surface area (TPSA) is 81.1 Å². The van der Waals surface area contributed by atoms with E-state index in [1.54, 1.807) is 24.3 Å². The van der Waals surface area contributed by atoms with Crippen molar-refractivity contribution in [2.45, 2.75) is 6.42 Å². The Balaban J connectivity index is 1.97. The third-order valence-electron chi connectivity index (χ3n) is 4.21. The Hall–Kier alpha value is -1.76. The number of carboxylic acid groups (broad SMARTS) is 1. The van der Waals surface area contributed by atoms with Crippen LogP contribution < -0.4 is 0 Å². The van der Waals surface area contributed by atoms with Crippen molar-refractivity contribution in [3.05, 3.63) is 35.9 Å². The summed E-state index contributed by atoms with van der Waals surface area (Å²) in [7, 11) is 0. The van der Waals surface area contributed by atoms with Crippen molar-refractivity contribution in [3.63, 3.8) is 0 Å². The molecule has 1 atom stereocenters. The number of β-amino-alcohol motifs (C(OH)–C–C–N with tert-alkyl or cyclic N) is 1. The van der Waals surface area contributed by atoms with Crippen molar-refractivity contribution in [2.75, 3.05) is 45.9 Å². The highest BCUT2D eigenvalue weighted by atomic mass is 16.4. The molecule has 0 amide bonds. The third kappa shape index (κ3) is 5.42. The number of rotatable bonds is 8. The highest BCUT2D eigenvalue weighted by Gasteiger charge is 2.27. The minimum Gasteiger partial charge on any atom is -0.481 e. The fourth-order valence-corrected chi connectivity index (χ4v) is 2.94. The molecule has 2 rings (SSSR count). The molecule has 126 valence electrons. The molecule has 0 bridgehead atoms. The first-order chi connectivity index (χ1) is 11.1. The number of piperazine rings is 1. The highest BCUT2D eigenvalue weighted by Crippen LogP contribution is 2.16. The van der Waals surface area contributed by atoms with E-state index in [1.807, 2.05) is 6.07 Å². The van der Waals surface area contributed by atoms with E-state index in [0.29, 0.717) is 18.7 Å². The van der Waals surface area contributed by atoms with E-state index in [-0.39, 0.29) is 18.8 Å². The average molecular weight is 320 g/mol. The zero-order valence-electron chi connectivity index (χ0n) is 13.2. The lowest BCUT2D eigenvalue weighted by atomic mass is 9.93. The monoisotopic (exact) mass is 320 g/mol. The van der Waals surface area contributed by atoms with E-state index in [4.69, 9.17) is 10.2 Å². The second-order valence-corrected chi connectivity index (χ2v) is 5.89. The Morgan fingerprint density at radius 2 is 1.65 bits per heavy atom. The second-order valence-electron chi connectivity index (χ2n) is 5.89. The molecule has 23 heavy (non-hydrogen) atoms. The van der Waals surface area contributed by atoms with Gasteiger partial charge in [0.2, 0.25) is 0 Å². The van der Waals surface area contributed by atoms with Gasteiger partial charge in [0.1, 0.15) is 0 Å². The number of carbonyl (C=O) groups is 2. The van der Waals surface area contributed by atoms with Gasteiger partial charge in [-0.05, 0) is 0 Å². The summed E-state index contributed by atoms with van der Waals surface area (Å²) in [6.45, 7) is 4.52. The zero-order chi connectivity index (χ0) is 16.7. The molecule has 1 heterocycles. The summed E-state index contributed by atoms with van der Waals surface area (Å²) in [5.41, 5.74) is 0.567. The molecule has 6 nitrogen and oxygen atoms in total. The molecule has 1 aliphatic heterocycles. The summed E-state index contributed by atoms with van der Waals surface area (Å²) in [5, 5.41) is 18.1. The molecular formula is C17H24N2O4. The van der Waals surface area contributed by atoms with Crippen LogP contribution >= 0.6 is 0 Å². The van der Waals surface area contributed by atoms with E-state index < -0.39 is 11.9 Å². The summed E-state index contributed by atoms with van der Waals surface area (Å²) < 4.78 is 0. The van der Waals surface area contributed by atoms with Gasteiger partial charge in [-0.25, -0.2) is 0 Å². The number of carboxylic acids is 1. The molecule has 0 spiro atoms. The summed E-state index contributed by atoms with van der Waals surface area (Å²) in [6.07, 6.45) is -0.148. The maximum absolute atomic E-state index is 12.6. The Bertz CT molecular complexity index is 513. The Labute approximate surface area is 136 Å². The first-order valence-electron chi connectivity index (χ1n) is 7.96. The maximum Gasteiger partial charge on any atom is 0.304 e. The number of aliphatic hydroxyl groups is 1. The Morgan fingerprint density at radius 3 is 2.22 bits per heavy atom. The van der Waals surface area contributed by atoms with Crippen LogP contribution in [0, 0.1) is 5.92 Å². The molecule has 1 fully saturated rings. The van der Waals surface area contributed by atoms with E-state index in [9.17, 15) is 9.59 Å². The third-order valence-corrected chi connectivity index (χ3v) is 4.21. The summed E-state index contributed by atoms with van der Waals surface area (Å²) >= 11 is 0. The van der Waals surface area contributed by atoms with Crippen LogP contribution in [0.5, 0.6) is 0 Å². The number of carbonyl (C=O) groups excluding carboxylic acids is 1. The predicted molar refractivity (Wildman–Crippen MR) is 86.5 cm³/mol. The van der Waals surface area contributed by atoms with Crippen molar-refractivity contribution in [1.29, 1.82) is 0 Å². The highest BCUT2D eigenvalue weighted by molar-refractivity contribution is 5.99. The number of hydrogen-bond donors (Lipinski definition) is 2. The fraction of sp³-hybridized carbons (Fsp3) is 0.529. The van der Waals surface area contributed by atoms with Crippen LogP contribution in [0.1, 0.15) is 16.8 Å². The van der Waals surface area contributed by atoms with Crippen molar-refractivity contribution in [3.8, 4) is 0 Å². The number of ketones is 1. The lowest BCUT2D eigenvalue weighted by molar-refractivity contribution is -0.138. The van der Waals surface area contributed by atoms with E-state index in [0.717, 1.165) is 26.2 Å². The van der Waals surface area contributed by atoms with Gasteiger partial charge < -0.3 is 15.1 Å². The Kier molecular flexibility index (Phi) is 6.70. The first-order valence-corrected chi connectivity index (χ1v) is 7.96. The second kappa shape index (κ2) is 8.76. The number of hydrogen-bond acceptors (Lipinski definition) is 5. The lowest BCUT2D eigenvalue weighted by Gasteiger charge is -2.35. The van der Waals surface area contributed by atoms with Crippen LogP contribution in [0.3, 0.4) is 0 Å².